The molecule has 1 aromatic carbocycles. The molecule has 0 aromatic heterocycles. The van der Waals surface area contributed by atoms with Crippen LogP contribution in [0.1, 0.15) is 29.5 Å². The molecular formula is C18H29NO2. The second kappa shape index (κ2) is 9.72. The number of hydrogen-bond acceptors (Lipinski definition) is 3. The number of hydrogen-bond donors (Lipinski definition) is 1. The fourth-order valence-corrected chi connectivity index (χ4v) is 2.37. The summed E-state index contributed by atoms with van der Waals surface area (Å²) >= 11 is 0. The van der Waals surface area contributed by atoms with E-state index in [1.54, 1.807) is 7.11 Å². The van der Waals surface area contributed by atoms with Crippen molar-refractivity contribution in [3.63, 3.8) is 0 Å². The number of methoxy groups -OCH3 is 1. The van der Waals surface area contributed by atoms with Crippen LogP contribution in [-0.4, -0.2) is 42.9 Å². The number of allylic oxidation sites excluding steroid dienone is 1. The molecule has 21 heavy (non-hydrogen) atoms. The molecule has 3 heteroatoms. The number of rotatable bonds is 10. The number of aliphatic hydroxyl groups excluding tert-OH is 1. The number of benzene rings is 1. The van der Waals surface area contributed by atoms with E-state index < -0.39 is 0 Å². The van der Waals surface area contributed by atoms with Gasteiger partial charge in [-0.2, -0.15) is 0 Å². The topological polar surface area (TPSA) is 32.7 Å². The van der Waals surface area contributed by atoms with Crippen LogP contribution in [0, 0.1) is 13.8 Å². The molecular weight excluding hydrogens is 262 g/mol. The quantitative estimate of drug-likeness (QED) is 0.672. The normalized spacial score (nSPS) is 12.6. The Morgan fingerprint density at radius 2 is 2.14 bits per heavy atom. The van der Waals surface area contributed by atoms with E-state index in [9.17, 15) is 5.11 Å². The number of nitrogens with zero attached hydrogens (tertiary/aromatic N) is 1. The van der Waals surface area contributed by atoms with Gasteiger partial charge in [0.1, 0.15) is 0 Å². The maximum Gasteiger partial charge on any atom is 0.0670 e. The van der Waals surface area contributed by atoms with Crippen LogP contribution in [0.3, 0.4) is 0 Å². The fourth-order valence-electron chi connectivity index (χ4n) is 2.37. The maximum absolute atomic E-state index is 10.1. The zero-order valence-electron chi connectivity index (χ0n) is 13.6. The Hall–Kier alpha value is -1.16. The van der Waals surface area contributed by atoms with Gasteiger partial charge in [0, 0.05) is 26.7 Å². The molecule has 1 N–H and O–H groups in total. The molecule has 118 valence electrons. The first-order chi connectivity index (χ1) is 10.1. The molecule has 0 aliphatic heterocycles. The average Bonchev–Trinajstić information content (AvgIpc) is 2.46. The van der Waals surface area contributed by atoms with Crippen LogP contribution >= 0.6 is 0 Å². The first-order valence-electron chi connectivity index (χ1n) is 7.63. The SMILES string of the molecule is C=CCC[C@@H](O)CN(CCOC)Cc1cc(C)ccc1C. The van der Waals surface area contributed by atoms with Gasteiger partial charge in [0.25, 0.3) is 0 Å². The third-order valence-corrected chi connectivity index (χ3v) is 3.68. The van der Waals surface area contributed by atoms with Crippen LogP contribution in [0.2, 0.25) is 0 Å². The lowest BCUT2D eigenvalue weighted by Gasteiger charge is -2.25. The second-order valence-electron chi connectivity index (χ2n) is 5.68. The van der Waals surface area contributed by atoms with Crippen LogP contribution in [0.25, 0.3) is 0 Å². The zero-order chi connectivity index (χ0) is 15.7. The van der Waals surface area contributed by atoms with Crippen LogP contribution in [0.5, 0.6) is 0 Å². The van der Waals surface area contributed by atoms with Crippen molar-refractivity contribution in [2.75, 3.05) is 26.8 Å². The summed E-state index contributed by atoms with van der Waals surface area (Å²) in [5.74, 6) is 0. The van der Waals surface area contributed by atoms with E-state index in [0.29, 0.717) is 13.2 Å². The van der Waals surface area contributed by atoms with Gasteiger partial charge in [-0.1, -0.05) is 29.8 Å². The van der Waals surface area contributed by atoms with Crippen molar-refractivity contribution in [2.45, 2.75) is 39.3 Å². The molecule has 3 nitrogen and oxygen atoms in total. The van der Waals surface area contributed by atoms with Crippen molar-refractivity contribution < 1.29 is 9.84 Å². The van der Waals surface area contributed by atoms with Gasteiger partial charge in [0.15, 0.2) is 0 Å². The highest BCUT2D eigenvalue weighted by molar-refractivity contribution is 5.30. The van der Waals surface area contributed by atoms with Crippen molar-refractivity contribution in [3.05, 3.63) is 47.5 Å². The predicted octanol–water partition coefficient (Wildman–Crippen LogP) is 3.08. The van der Waals surface area contributed by atoms with Gasteiger partial charge in [-0.15, -0.1) is 6.58 Å². The Balaban J connectivity index is 2.67. The van der Waals surface area contributed by atoms with Crippen LogP contribution in [0.15, 0.2) is 30.9 Å². The van der Waals surface area contributed by atoms with Crippen LogP contribution in [0.4, 0.5) is 0 Å². The molecule has 1 atom stereocenters. The lowest BCUT2D eigenvalue weighted by atomic mass is 10.0. The summed E-state index contributed by atoms with van der Waals surface area (Å²) < 4.78 is 5.19. The molecule has 0 aliphatic rings. The van der Waals surface area contributed by atoms with Crippen LogP contribution < -0.4 is 0 Å². The predicted molar refractivity (Wildman–Crippen MR) is 88.5 cm³/mol. The average molecular weight is 291 g/mol. The van der Waals surface area contributed by atoms with Crippen molar-refractivity contribution in [2.24, 2.45) is 0 Å². The first kappa shape index (κ1) is 17.9. The molecule has 0 saturated heterocycles. The maximum atomic E-state index is 10.1. The van der Waals surface area contributed by atoms with E-state index >= 15 is 0 Å². The summed E-state index contributed by atoms with van der Waals surface area (Å²) in [4.78, 5) is 2.26. The molecule has 0 aliphatic carbocycles. The standard InChI is InChI=1S/C18H29NO2/c1-5-6-7-18(20)14-19(10-11-21-4)13-17-12-15(2)8-9-16(17)3/h5,8-9,12,18,20H,1,6-7,10-11,13-14H2,2-4H3/t18-/m1/s1. The summed E-state index contributed by atoms with van der Waals surface area (Å²) in [5.41, 5.74) is 3.89. The third-order valence-electron chi connectivity index (χ3n) is 3.68. The Labute approximate surface area is 129 Å². The number of aryl methyl sites for hydroxylation is 2. The first-order valence-corrected chi connectivity index (χ1v) is 7.63. The monoisotopic (exact) mass is 291 g/mol. The molecule has 0 bridgehead atoms. The zero-order valence-corrected chi connectivity index (χ0v) is 13.6. The van der Waals surface area contributed by atoms with Gasteiger partial charge >= 0.3 is 0 Å². The van der Waals surface area contributed by atoms with Crippen LogP contribution in [-0.2, 0) is 11.3 Å². The smallest absolute Gasteiger partial charge is 0.0670 e. The lowest BCUT2D eigenvalue weighted by molar-refractivity contribution is 0.0808. The minimum absolute atomic E-state index is 0.315. The Morgan fingerprint density at radius 3 is 2.81 bits per heavy atom. The van der Waals surface area contributed by atoms with E-state index in [-0.39, 0.29) is 6.10 Å². The van der Waals surface area contributed by atoms with Gasteiger partial charge in [-0.25, -0.2) is 0 Å². The number of ether oxygens (including phenoxy) is 1. The summed E-state index contributed by atoms with van der Waals surface area (Å²) in [6.45, 7) is 11.0. The summed E-state index contributed by atoms with van der Waals surface area (Å²) in [5, 5.41) is 10.1. The third kappa shape index (κ3) is 6.89. The van der Waals surface area contributed by atoms with E-state index in [1.807, 2.05) is 6.08 Å². The minimum Gasteiger partial charge on any atom is -0.392 e. The molecule has 0 saturated carbocycles. The molecule has 0 radical (unpaired) electrons. The Kier molecular flexibility index (Phi) is 8.28. The fraction of sp³-hybridized carbons (Fsp3) is 0.556. The molecule has 0 fully saturated rings. The van der Waals surface area contributed by atoms with Crippen molar-refractivity contribution in [3.8, 4) is 0 Å². The molecule has 0 amide bonds. The highest BCUT2D eigenvalue weighted by Crippen LogP contribution is 2.14. The van der Waals surface area contributed by atoms with E-state index in [1.165, 1.54) is 16.7 Å². The summed E-state index contributed by atoms with van der Waals surface area (Å²) in [6.07, 6.45) is 3.15. The van der Waals surface area contributed by atoms with Gasteiger partial charge in [-0.3, -0.25) is 4.90 Å². The molecule has 0 heterocycles. The lowest BCUT2D eigenvalue weighted by Crippen LogP contribution is -2.34. The highest BCUT2D eigenvalue weighted by Gasteiger charge is 2.13. The number of aliphatic hydroxyl groups is 1. The van der Waals surface area contributed by atoms with E-state index in [4.69, 9.17) is 4.74 Å². The second-order valence-corrected chi connectivity index (χ2v) is 5.68. The Morgan fingerprint density at radius 1 is 1.38 bits per heavy atom. The Bertz CT molecular complexity index is 431. The summed E-state index contributed by atoms with van der Waals surface area (Å²) in [6, 6.07) is 6.52. The van der Waals surface area contributed by atoms with Gasteiger partial charge < -0.3 is 9.84 Å². The molecule has 0 spiro atoms. The molecule has 1 aromatic rings. The summed E-state index contributed by atoms with van der Waals surface area (Å²) in [7, 11) is 1.71. The molecule has 0 unspecified atom stereocenters. The van der Waals surface area contributed by atoms with Crippen molar-refractivity contribution in [1.82, 2.24) is 4.90 Å². The van der Waals surface area contributed by atoms with Gasteiger partial charge in [0.05, 0.1) is 12.7 Å². The largest absolute Gasteiger partial charge is 0.392 e. The van der Waals surface area contributed by atoms with Gasteiger partial charge in [0.2, 0.25) is 0 Å². The van der Waals surface area contributed by atoms with E-state index in [2.05, 4.69) is 43.5 Å². The van der Waals surface area contributed by atoms with Crippen molar-refractivity contribution >= 4 is 0 Å². The highest BCUT2D eigenvalue weighted by atomic mass is 16.5. The van der Waals surface area contributed by atoms with E-state index in [0.717, 1.165) is 25.9 Å². The van der Waals surface area contributed by atoms with Gasteiger partial charge in [-0.05, 0) is 37.8 Å². The van der Waals surface area contributed by atoms with Crippen molar-refractivity contribution in [1.29, 1.82) is 0 Å². The molecule has 1 rings (SSSR count). The minimum atomic E-state index is -0.315.